The number of carbonyl (C=O) groups is 1. The SMILES string of the molecule is CSCc1ccc(C(=O)N2CC[C@H]2c2ccc(F)cc2)o1. The summed E-state index contributed by atoms with van der Waals surface area (Å²) in [6.45, 7) is 0.708. The molecule has 0 saturated carbocycles. The number of hydrogen-bond acceptors (Lipinski definition) is 3. The minimum atomic E-state index is -0.260. The largest absolute Gasteiger partial charge is 0.455 e. The van der Waals surface area contributed by atoms with Crippen LogP contribution in [0.2, 0.25) is 0 Å². The molecule has 0 aliphatic carbocycles. The van der Waals surface area contributed by atoms with Gasteiger partial charge in [0.05, 0.1) is 11.8 Å². The van der Waals surface area contributed by atoms with Crippen LogP contribution in [0.4, 0.5) is 4.39 Å². The Balaban J connectivity index is 1.73. The summed E-state index contributed by atoms with van der Waals surface area (Å²) in [7, 11) is 0. The summed E-state index contributed by atoms with van der Waals surface area (Å²) in [6.07, 6.45) is 2.89. The molecule has 3 nitrogen and oxygen atoms in total. The highest BCUT2D eigenvalue weighted by Gasteiger charge is 2.35. The number of amides is 1. The first-order valence-corrected chi connectivity index (χ1v) is 8.22. The molecule has 0 unspecified atom stereocenters. The van der Waals surface area contributed by atoms with Crippen LogP contribution in [0.5, 0.6) is 0 Å². The normalized spacial score (nSPS) is 17.6. The van der Waals surface area contributed by atoms with Gasteiger partial charge in [-0.3, -0.25) is 4.79 Å². The summed E-state index contributed by atoms with van der Waals surface area (Å²) in [4.78, 5) is 14.2. The Morgan fingerprint density at radius 2 is 2.10 bits per heavy atom. The number of likely N-dealkylation sites (tertiary alicyclic amines) is 1. The van der Waals surface area contributed by atoms with Crippen molar-refractivity contribution < 1.29 is 13.6 Å². The first kappa shape index (κ1) is 14.2. The fourth-order valence-electron chi connectivity index (χ4n) is 2.52. The molecule has 1 atom stereocenters. The van der Waals surface area contributed by atoms with Crippen molar-refractivity contribution in [3.63, 3.8) is 0 Å². The van der Waals surface area contributed by atoms with Crippen LogP contribution in [0.15, 0.2) is 40.8 Å². The quantitative estimate of drug-likeness (QED) is 0.860. The highest BCUT2D eigenvalue weighted by Crippen LogP contribution is 2.34. The lowest BCUT2D eigenvalue weighted by Gasteiger charge is -2.40. The van der Waals surface area contributed by atoms with Crippen LogP contribution in [0, 0.1) is 5.82 Å². The Hall–Kier alpha value is -1.75. The monoisotopic (exact) mass is 305 g/mol. The van der Waals surface area contributed by atoms with Gasteiger partial charge >= 0.3 is 0 Å². The van der Waals surface area contributed by atoms with Crippen molar-refractivity contribution in [2.75, 3.05) is 12.8 Å². The van der Waals surface area contributed by atoms with E-state index in [1.807, 2.05) is 12.3 Å². The van der Waals surface area contributed by atoms with Crippen LogP contribution in [0.25, 0.3) is 0 Å². The molecule has 1 aromatic heterocycles. The molecular weight excluding hydrogens is 289 g/mol. The number of benzene rings is 1. The molecule has 1 fully saturated rings. The molecule has 1 amide bonds. The van der Waals surface area contributed by atoms with Gasteiger partial charge in [0.2, 0.25) is 0 Å². The van der Waals surface area contributed by atoms with E-state index in [0.29, 0.717) is 12.3 Å². The second-order valence-electron chi connectivity index (χ2n) is 5.05. The number of furan rings is 1. The minimum Gasteiger partial charge on any atom is -0.455 e. The van der Waals surface area contributed by atoms with Crippen molar-refractivity contribution in [1.82, 2.24) is 4.90 Å². The third kappa shape index (κ3) is 2.83. The molecule has 3 rings (SSSR count). The Kier molecular flexibility index (Phi) is 4.01. The Labute approximate surface area is 127 Å². The van der Waals surface area contributed by atoms with E-state index in [1.165, 1.54) is 12.1 Å². The first-order chi connectivity index (χ1) is 10.2. The summed E-state index contributed by atoms with van der Waals surface area (Å²) < 4.78 is 18.5. The van der Waals surface area contributed by atoms with Crippen LogP contribution in [-0.2, 0) is 5.75 Å². The summed E-state index contributed by atoms with van der Waals surface area (Å²) in [5, 5.41) is 0. The molecule has 0 spiro atoms. The molecule has 1 aliphatic rings. The second kappa shape index (κ2) is 5.93. The van der Waals surface area contributed by atoms with E-state index in [-0.39, 0.29) is 17.8 Å². The minimum absolute atomic E-state index is 0.0206. The van der Waals surface area contributed by atoms with Gasteiger partial charge in [0.25, 0.3) is 5.91 Å². The van der Waals surface area contributed by atoms with E-state index in [1.54, 1.807) is 34.9 Å². The summed E-state index contributed by atoms with van der Waals surface area (Å²) in [5.41, 5.74) is 0.965. The zero-order valence-corrected chi connectivity index (χ0v) is 12.5. The van der Waals surface area contributed by atoms with Crippen molar-refractivity contribution in [2.45, 2.75) is 18.2 Å². The summed E-state index contributed by atoms with van der Waals surface area (Å²) >= 11 is 1.65. The molecule has 2 heterocycles. The number of thioether (sulfide) groups is 1. The molecule has 1 aliphatic heterocycles. The smallest absolute Gasteiger partial charge is 0.290 e. The van der Waals surface area contributed by atoms with Gasteiger partial charge in [-0.05, 0) is 42.5 Å². The van der Waals surface area contributed by atoms with E-state index in [0.717, 1.165) is 23.5 Å². The summed E-state index contributed by atoms with van der Waals surface area (Å²) in [6, 6.07) is 9.93. The number of nitrogens with zero attached hydrogens (tertiary/aromatic N) is 1. The van der Waals surface area contributed by atoms with Crippen molar-refractivity contribution in [3.8, 4) is 0 Å². The molecule has 0 radical (unpaired) electrons. The molecule has 110 valence electrons. The number of carbonyl (C=O) groups excluding carboxylic acids is 1. The molecule has 2 aromatic rings. The maximum atomic E-state index is 13.0. The van der Waals surface area contributed by atoms with Gasteiger partial charge < -0.3 is 9.32 Å². The number of hydrogen-bond donors (Lipinski definition) is 0. The van der Waals surface area contributed by atoms with Gasteiger partial charge in [-0.2, -0.15) is 11.8 Å². The highest BCUT2D eigenvalue weighted by atomic mass is 32.2. The van der Waals surface area contributed by atoms with Crippen molar-refractivity contribution >= 4 is 17.7 Å². The van der Waals surface area contributed by atoms with Gasteiger partial charge in [-0.1, -0.05) is 12.1 Å². The predicted molar refractivity (Wildman–Crippen MR) is 80.7 cm³/mol. The van der Waals surface area contributed by atoms with Gasteiger partial charge in [-0.25, -0.2) is 4.39 Å². The fraction of sp³-hybridized carbons (Fsp3) is 0.312. The van der Waals surface area contributed by atoms with Crippen LogP contribution in [0.3, 0.4) is 0 Å². The van der Waals surface area contributed by atoms with E-state index < -0.39 is 0 Å². The fourth-order valence-corrected chi connectivity index (χ4v) is 2.96. The first-order valence-electron chi connectivity index (χ1n) is 6.83. The zero-order valence-electron chi connectivity index (χ0n) is 11.7. The van der Waals surface area contributed by atoms with E-state index in [4.69, 9.17) is 4.42 Å². The topological polar surface area (TPSA) is 33.5 Å². The van der Waals surface area contributed by atoms with Crippen LogP contribution in [0.1, 0.15) is 34.3 Å². The maximum Gasteiger partial charge on any atom is 0.290 e. The third-order valence-corrected chi connectivity index (χ3v) is 4.27. The van der Waals surface area contributed by atoms with Crippen molar-refractivity contribution in [3.05, 3.63) is 59.3 Å². The zero-order chi connectivity index (χ0) is 14.8. The van der Waals surface area contributed by atoms with E-state index in [2.05, 4.69) is 0 Å². The Morgan fingerprint density at radius 1 is 1.33 bits per heavy atom. The summed E-state index contributed by atoms with van der Waals surface area (Å²) in [5.74, 6) is 1.59. The predicted octanol–water partition coefficient (Wildman–Crippen LogP) is 3.87. The van der Waals surface area contributed by atoms with Crippen LogP contribution >= 0.6 is 11.8 Å². The van der Waals surface area contributed by atoms with Gasteiger partial charge in [0.1, 0.15) is 11.6 Å². The molecule has 1 saturated heterocycles. The lowest BCUT2D eigenvalue weighted by atomic mass is 9.94. The standard InChI is InChI=1S/C16H16FNO2S/c1-21-10-13-6-7-15(20-13)16(19)18-9-8-14(18)11-2-4-12(17)5-3-11/h2-7,14H,8-10H2,1H3/t14-/m0/s1. The average Bonchev–Trinajstić information content (AvgIpc) is 2.89. The maximum absolute atomic E-state index is 13.0. The molecular formula is C16H16FNO2S. The molecule has 21 heavy (non-hydrogen) atoms. The highest BCUT2D eigenvalue weighted by molar-refractivity contribution is 7.97. The van der Waals surface area contributed by atoms with Crippen molar-refractivity contribution in [1.29, 1.82) is 0 Å². The van der Waals surface area contributed by atoms with Gasteiger partial charge in [-0.15, -0.1) is 0 Å². The lowest BCUT2D eigenvalue weighted by Crippen LogP contribution is -2.45. The molecule has 1 aromatic carbocycles. The van der Waals surface area contributed by atoms with E-state index >= 15 is 0 Å². The Morgan fingerprint density at radius 3 is 2.71 bits per heavy atom. The average molecular weight is 305 g/mol. The van der Waals surface area contributed by atoms with Crippen molar-refractivity contribution in [2.24, 2.45) is 0 Å². The number of rotatable bonds is 4. The van der Waals surface area contributed by atoms with Gasteiger partial charge in [0, 0.05) is 6.54 Å². The Bertz CT molecular complexity index is 638. The van der Waals surface area contributed by atoms with E-state index in [9.17, 15) is 9.18 Å². The number of halogens is 1. The third-order valence-electron chi connectivity index (χ3n) is 3.69. The molecule has 0 bridgehead atoms. The molecule has 5 heteroatoms. The van der Waals surface area contributed by atoms with Crippen LogP contribution < -0.4 is 0 Å². The molecule has 0 N–H and O–H groups in total. The second-order valence-corrected chi connectivity index (χ2v) is 5.92. The lowest BCUT2D eigenvalue weighted by molar-refractivity contribution is 0.0426. The van der Waals surface area contributed by atoms with Crippen LogP contribution in [-0.4, -0.2) is 23.6 Å². The van der Waals surface area contributed by atoms with Gasteiger partial charge in [0.15, 0.2) is 5.76 Å².